The fourth-order valence-electron chi connectivity index (χ4n) is 4.33. The van der Waals surface area contributed by atoms with E-state index in [0.29, 0.717) is 18.6 Å². The fraction of sp³-hybridized carbons (Fsp3) is 0.444. The molecule has 3 rings (SSSR count). The summed E-state index contributed by atoms with van der Waals surface area (Å²) in [6.45, 7) is 0.972. The predicted octanol–water partition coefficient (Wildman–Crippen LogP) is 2.51. The molecule has 9 heteroatoms. The van der Waals surface area contributed by atoms with Gasteiger partial charge in [-0.05, 0) is 49.8 Å². The molecule has 0 saturated carbocycles. The zero-order valence-corrected chi connectivity index (χ0v) is 21.6. The van der Waals surface area contributed by atoms with Crippen LogP contribution < -0.4 is 10.1 Å². The van der Waals surface area contributed by atoms with Gasteiger partial charge >= 0.3 is 0 Å². The second kappa shape index (κ2) is 13.0. The Balaban J connectivity index is 1.82. The lowest BCUT2D eigenvalue weighted by Gasteiger charge is -2.30. The van der Waals surface area contributed by atoms with Gasteiger partial charge in [0.1, 0.15) is 5.75 Å². The molecule has 2 aromatic carbocycles. The van der Waals surface area contributed by atoms with Crippen LogP contribution in [0.25, 0.3) is 0 Å². The summed E-state index contributed by atoms with van der Waals surface area (Å²) in [5.41, 5.74) is 0.903. The third-order valence-corrected chi connectivity index (χ3v) is 8.03. The molecule has 36 heavy (non-hydrogen) atoms. The van der Waals surface area contributed by atoms with E-state index in [0.717, 1.165) is 22.7 Å². The van der Waals surface area contributed by atoms with Gasteiger partial charge in [0.25, 0.3) is 0 Å². The van der Waals surface area contributed by atoms with Crippen LogP contribution in [0.3, 0.4) is 0 Å². The van der Waals surface area contributed by atoms with Gasteiger partial charge in [0, 0.05) is 25.6 Å². The van der Waals surface area contributed by atoms with Crippen LogP contribution in [0.1, 0.15) is 31.7 Å². The van der Waals surface area contributed by atoms with Crippen molar-refractivity contribution < 1.29 is 28.2 Å². The van der Waals surface area contributed by atoms with E-state index >= 15 is 0 Å². The van der Waals surface area contributed by atoms with Crippen molar-refractivity contribution in [3.05, 3.63) is 72.3 Å². The molecule has 196 valence electrons. The van der Waals surface area contributed by atoms with Gasteiger partial charge in [-0.3, -0.25) is 4.79 Å². The van der Waals surface area contributed by atoms with E-state index < -0.39 is 28.3 Å². The number of aliphatic hydroxyl groups excluding tert-OH is 2. The molecule has 1 aliphatic rings. The molecule has 4 atom stereocenters. The number of hydrogen-bond acceptors (Lipinski definition) is 6. The van der Waals surface area contributed by atoms with Crippen molar-refractivity contribution in [3.63, 3.8) is 0 Å². The van der Waals surface area contributed by atoms with Gasteiger partial charge in [-0.25, -0.2) is 8.42 Å². The van der Waals surface area contributed by atoms with E-state index in [9.17, 15) is 23.4 Å². The monoisotopic (exact) mass is 516 g/mol. The van der Waals surface area contributed by atoms with Gasteiger partial charge in [0.15, 0.2) is 0 Å². The lowest BCUT2D eigenvalue weighted by Crippen LogP contribution is -2.51. The zero-order valence-electron chi connectivity index (χ0n) is 20.8. The average molecular weight is 517 g/mol. The number of ether oxygens (including phenoxy) is 1. The number of benzene rings is 2. The summed E-state index contributed by atoms with van der Waals surface area (Å²) in [5.74, 6) is 0.354. The van der Waals surface area contributed by atoms with Crippen molar-refractivity contribution in [1.82, 2.24) is 9.62 Å². The average Bonchev–Trinajstić information content (AvgIpc) is 3.36. The molecule has 1 aliphatic carbocycles. The van der Waals surface area contributed by atoms with Gasteiger partial charge in [0.05, 0.1) is 30.3 Å². The zero-order chi connectivity index (χ0) is 26.1. The Morgan fingerprint density at radius 2 is 1.89 bits per heavy atom. The smallest absolute Gasteiger partial charge is 0.243 e. The number of aliphatic hydroxyl groups is 2. The highest BCUT2D eigenvalue weighted by atomic mass is 32.2. The second-order valence-electron chi connectivity index (χ2n) is 9.25. The molecule has 0 aliphatic heterocycles. The van der Waals surface area contributed by atoms with Crippen molar-refractivity contribution in [1.29, 1.82) is 0 Å². The first-order valence-electron chi connectivity index (χ1n) is 12.2. The van der Waals surface area contributed by atoms with Crippen molar-refractivity contribution in [3.8, 4) is 5.75 Å². The molecule has 0 spiro atoms. The molecule has 0 radical (unpaired) electrons. The molecular formula is C27H36N2O6S. The highest BCUT2D eigenvalue weighted by Crippen LogP contribution is 2.23. The van der Waals surface area contributed by atoms with Gasteiger partial charge in [-0.15, -0.1) is 0 Å². The van der Waals surface area contributed by atoms with Gasteiger partial charge in [0.2, 0.25) is 15.9 Å². The van der Waals surface area contributed by atoms with Crippen LogP contribution >= 0.6 is 0 Å². The number of sulfonamides is 1. The highest BCUT2D eigenvalue weighted by molar-refractivity contribution is 7.89. The Kier molecular flexibility index (Phi) is 10.1. The minimum atomic E-state index is -4.07. The first-order valence-corrected chi connectivity index (χ1v) is 13.6. The highest BCUT2D eigenvalue weighted by Gasteiger charge is 2.32. The van der Waals surface area contributed by atoms with Gasteiger partial charge in [-0.2, -0.15) is 4.31 Å². The lowest BCUT2D eigenvalue weighted by atomic mass is 9.99. The van der Waals surface area contributed by atoms with Crippen LogP contribution in [0, 0.1) is 5.92 Å². The van der Waals surface area contributed by atoms with E-state index in [-0.39, 0.29) is 29.8 Å². The molecular weight excluding hydrogens is 480 g/mol. The third kappa shape index (κ3) is 7.89. The van der Waals surface area contributed by atoms with Crippen LogP contribution in [-0.4, -0.2) is 67.3 Å². The first-order chi connectivity index (χ1) is 17.2. The minimum Gasteiger partial charge on any atom is -0.497 e. The first kappa shape index (κ1) is 27.9. The largest absolute Gasteiger partial charge is 0.497 e. The number of allylic oxidation sites excluding steroid dienone is 2. The minimum absolute atomic E-state index is 0.00799. The number of nitrogens with zero attached hydrogens (tertiary/aromatic N) is 1. The number of hydrogen-bond donors (Lipinski definition) is 3. The standard InChI is InChI=1S/C27H36N2O6S/c1-20(30)18-29(36(33,34)24-14-8-13-23(17-24)35-2)19-26(31)25(15-21-9-4-3-5-10-21)28-27(32)16-22-11-6-7-12-22/h3-6,8-11,13-14,17,20,22,25-26,30-31H,7,12,15-16,18-19H2,1-2H3,(H,28,32)/t20-,22?,25?,26?/m1/s1. The van der Waals surface area contributed by atoms with Crippen LogP contribution in [0.15, 0.2) is 71.6 Å². The SMILES string of the molecule is COc1cccc(S(=O)(=O)N(CC(O)C(Cc2ccccc2)NC(=O)CC2C=CCC2)C[C@@H](C)O)c1. The van der Waals surface area contributed by atoms with Crippen LogP contribution in [0.4, 0.5) is 0 Å². The topological polar surface area (TPSA) is 116 Å². The van der Waals surface area contributed by atoms with Crippen LogP contribution in [0.2, 0.25) is 0 Å². The molecule has 3 N–H and O–H groups in total. The van der Waals surface area contributed by atoms with Crippen molar-refractivity contribution >= 4 is 15.9 Å². The fourth-order valence-corrected chi connectivity index (χ4v) is 5.91. The second-order valence-corrected chi connectivity index (χ2v) is 11.2. The number of methoxy groups -OCH3 is 1. The Bertz CT molecular complexity index is 1120. The number of amides is 1. The summed E-state index contributed by atoms with van der Waals surface area (Å²) in [6, 6.07) is 14.7. The molecule has 0 aromatic heterocycles. The normalized spacial score (nSPS) is 18.1. The number of nitrogens with one attached hydrogen (secondary N) is 1. The van der Waals surface area contributed by atoms with Gasteiger partial charge in [-0.1, -0.05) is 48.6 Å². The maximum absolute atomic E-state index is 13.5. The van der Waals surface area contributed by atoms with Crippen molar-refractivity contribution in [2.24, 2.45) is 5.92 Å². The number of carbonyl (C=O) groups is 1. The molecule has 0 heterocycles. The lowest BCUT2D eigenvalue weighted by molar-refractivity contribution is -0.123. The van der Waals surface area contributed by atoms with Crippen molar-refractivity contribution in [2.75, 3.05) is 20.2 Å². The molecule has 0 bridgehead atoms. The van der Waals surface area contributed by atoms with Crippen LogP contribution in [0.5, 0.6) is 5.75 Å². The van der Waals surface area contributed by atoms with E-state index in [1.165, 1.54) is 26.2 Å². The molecule has 2 aromatic rings. The summed E-state index contributed by atoms with van der Waals surface area (Å²) in [5, 5.41) is 24.2. The summed E-state index contributed by atoms with van der Waals surface area (Å²) in [6.07, 6.45) is 4.43. The summed E-state index contributed by atoms with van der Waals surface area (Å²) in [7, 11) is -2.62. The molecule has 0 saturated heterocycles. The maximum Gasteiger partial charge on any atom is 0.243 e. The van der Waals surface area contributed by atoms with Gasteiger partial charge < -0.3 is 20.3 Å². The molecule has 0 fully saturated rings. The predicted molar refractivity (Wildman–Crippen MR) is 138 cm³/mol. The Morgan fingerprint density at radius 1 is 1.14 bits per heavy atom. The van der Waals surface area contributed by atoms with Crippen LogP contribution in [-0.2, 0) is 21.2 Å². The summed E-state index contributed by atoms with van der Waals surface area (Å²) in [4.78, 5) is 12.8. The number of carbonyl (C=O) groups excluding carboxylic acids is 1. The third-order valence-electron chi connectivity index (χ3n) is 6.21. The number of rotatable bonds is 13. The molecule has 3 unspecified atom stereocenters. The molecule has 8 nitrogen and oxygen atoms in total. The summed E-state index contributed by atoms with van der Waals surface area (Å²) >= 11 is 0. The van der Waals surface area contributed by atoms with E-state index in [4.69, 9.17) is 4.74 Å². The molecule has 1 amide bonds. The van der Waals surface area contributed by atoms with E-state index in [1.807, 2.05) is 36.4 Å². The van der Waals surface area contributed by atoms with E-state index in [1.54, 1.807) is 12.1 Å². The Hall–Kier alpha value is -2.72. The maximum atomic E-state index is 13.5. The summed E-state index contributed by atoms with van der Waals surface area (Å²) < 4.78 is 33.1. The van der Waals surface area contributed by atoms with E-state index in [2.05, 4.69) is 11.4 Å². The van der Waals surface area contributed by atoms with Crippen molar-refractivity contribution in [2.45, 2.75) is 55.8 Å². The quantitative estimate of drug-likeness (QED) is 0.352. The Labute approximate surface area is 213 Å². The Morgan fingerprint density at radius 3 is 2.53 bits per heavy atom.